The zero-order chi connectivity index (χ0) is 17.4. The molecule has 0 amide bonds. The SMILES string of the molecule is CCOC(=O)[C@H]1CC[C@@H](C(=O)OCC)N1CCOc1ccccc1. The summed E-state index contributed by atoms with van der Waals surface area (Å²) in [7, 11) is 0. The van der Waals surface area contributed by atoms with E-state index < -0.39 is 12.1 Å². The fourth-order valence-electron chi connectivity index (χ4n) is 2.95. The van der Waals surface area contributed by atoms with Gasteiger partial charge in [0.15, 0.2) is 0 Å². The summed E-state index contributed by atoms with van der Waals surface area (Å²) in [5.41, 5.74) is 0. The van der Waals surface area contributed by atoms with Gasteiger partial charge < -0.3 is 14.2 Å². The van der Waals surface area contributed by atoms with Crippen LogP contribution in [0, 0.1) is 0 Å². The smallest absolute Gasteiger partial charge is 0.323 e. The van der Waals surface area contributed by atoms with Gasteiger partial charge in [0.05, 0.1) is 13.2 Å². The van der Waals surface area contributed by atoms with E-state index in [1.54, 1.807) is 13.8 Å². The second-order valence-electron chi connectivity index (χ2n) is 5.51. The van der Waals surface area contributed by atoms with Crippen LogP contribution in [0.1, 0.15) is 26.7 Å². The Balaban J connectivity index is 1.99. The molecule has 24 heavy (non-hydrogen) atoms. The topological polar surface area (TPSA) is 65.1 Å². The summed E-state index contributed by atoms with van der Waals surface area (Å²) >= 11 is 0. The van der Waals surface area contributed by atoms with Crippen molar-refractivity contribution in [2.24, 2.45) is 0 Å². The minimum Gasteiger partial charge on any atom is -0.492 e. The maximum Gasteiger partial charge on any atom is 0.323 e. The normalized spacial score (nSPS) is 20.6. The Morgan fingerprint density at radius 3 is 2.04 bits per heavy atom. The molecule has 0 saturated carbocycles. The Kier molecular flexibility index (Phi) is 7.06. The number of carbonyl (C=O) groups is 2. The van der Waals surface area contributed by atoms with E-state index in [2.05, 4.69) is 0 Å². The first kappa shape index (κ1) is 18.3. The second-order valence-corrected chi connectivity index (χ2v) is 5.51. The first-order chi connectivity index (χ1) is 11.7. The van der Waals surface area contributed by atoms with Gasteiger partial charge in [-0.25, -0.2) is 0 Å². The number of likely N-dealkylation sites (tertiary alicyclic amines) is 1. The van der Waals surface area contributed by atoms with Crippen molar-refractivity contribution in [2.45, 2.75) is 38.8 Å². The van der Waals surface area contributed by atoms with Crippen LogP contribution in [0.4, 0.5) is 0 Å². The summed E-state index contributed by atoms with van der Waals surface area (Å²) < 4.78 is 16.0. The van der Waals surface area contributed by atoms with Crippen molar-refractivity contribution >= 4 is 11.9 Å². The van der Waals surface area contributed by atoms with Crippen molar-refractivity contribution < 1.29 is 23.8 Å². The van der Waals surface area contributed by atoms with Crippen LogP contribution in [-0.2, 0) is 19.1 Å². The number of benzene rings is 1. The fraction of sp³-hybridized carbons (Fsp3) is 0.556. The molecule has 2 atom stereocenters. The van der Waals surface area contributed by atoms with E-state index in [1.807, 2.05) is 35.2 Å². The minimum absolute atomic E-state index is 0.288. The highest BCUT2D eigenvalue weighted by atomic mass is 16.5. The Hall–Kier alpha value is -2.08. The molecule has 0 radical (unpaired) electrons. The number of hydrogen-bond donors (Lipinski definition) is 0. The number of carbonyl (C=O) groups excluding carboxylic acids is 2. The highest BCUT2D eigenvalue weighted by Gasteiger charge is 2.42. The number of esters is 2. The van der Waals surface area contributed by atoms with Crippen molar-refractivity contribution in [2.75, 3.05) is 26.4 Å². The Bertz CT molecular complexity index is 507. The molecule has 0 aliphatic carbocycles. The van der Waals surface area contributed by atoms with E-state index in [4.69, 9.17) is 14.2 Å². The Labute approximate surface area is 142 Å². The molecule has 0 aromatic heterocycles. The largest absolute Gasteiger partial charge is 0.492 e. The standard InChI is InChI=1S/C18H25NO5/c1-3-22-17(20)15-10-11-16(18(21)23-4-2)19(15)12-13-24-14-8-6-5-7-9-14/h5-9,15-16H,3-4,10-13H2,1-2H3/t15-,16+. The average Bonchev–Trinajstić information content (AvgIpc) is 3.00. The summed E-state index contributed by atoms with van der Waals surface area (Å²) in [6.45, 7) is 5.05. The van der Waals surface area contributed by atoms with Gasteiger partial charge in [0, 0.05) is 6.54 Å². The van der Waals surface area contributed by atoms with Crippen LogP contribution in [-0.4, -0.2) is 55.3 Å². The van der Waals surface area contributed by atoms with Crippen molar-refractivity contribution in [3.8, 4) is 5.75 Å². The van der Waals surface area contributed by atoms with Gasteiger partial charge in [0.2, 0.25) is 0 Å². The highest BCUT2D eigenvalue weighted by molar-refractivity contribution is 5.81. The summed E-state index contributed by atoms with van der Waals surface area (Å²) in [5, 5.41) is 0. The maximum absolute atomic E-state index is 12.2. The molecule has 1 aromatic rings. The van der Waals surface area contributed by atoms with Crippen LogP contribution < -0.4 is 4.74 Å². The molecule has 6 nitrogen and oxygen atoms in total. The van der Waals surface area contributed by atoms with E-state index in [0.29, 0.717) is 39.2 Å². The highest BCUT2D eigenvalue weighted by Crippen LogP contribution is 2.26. The number of ether oxygens (including phenoxy) is 3. The molecule has 132 valence electrons. The molecular formula is C18H25NO5. The lowest BCUT2D eigenvalue weighted by Gasteiger charge is -2.27. The van der Waals surface area contributed by atoms with Gasteiger partial charge in [0.1, 0.15) is 24.4 Å². The molecule has 1 saturated heterocycles. The Morgan fingerprint density at radius 1 is 1.00 bits per heavy atom. The molecule has 1 aromatic carbocycles. The third kappa shape index (κ3) is 4.71. The van der Waals surface area contributed by atoms with Crippen molar-refractivity contribution in [3.63, 3.8) is 0 Å². The first-order valence-electron chi connectivity index (χ1n) is 8.44. The van der Waals surface area contributed by atoms with Gasteiger partial charge in [-0.05, 0) is 38.8 Å². The lowest BCUT2D eigenvalue weighted by molar-refractivity contribution is -0.153. The molecule has 1 fully saturated rings. The van der Waals surface area contributed by atoms with Crippen LogP contribution in [0.15, 0.2) is 30.3 Å². The van der Waals surface area contributed by atoms with Gasteiger partial charge in [0.25, 0.3) is 0 Å². The predicted molar refractivity (Wildman–Crippen MR) is 88.7 cm³/mol. The zero-order valence-corrected chi connectivity index (χ0v) is 14.3. The molecule has 0 bridgehead atoms. The molecular weight excluding hydrogens is 310 g/mol. The van der Waals surface area contributed by atoms with Gasteiger partial charge >= 0.3 is 11.9 Å². The van der Waals surface area contributed by atoms with Crippen LogP contribution >= 0.6 is 0 Å². The molecule has 1 aliphatic rings. The third-order valence-corrected chi connectivity index (χ3v) is 3.99. The lowest BCUT2D eigenvalue weighted by atomic mass is 10.2. The summed E-state index contributed by atoms with van der Waals surface area (Å²) in [6, 6.07) is 8.62. The fourth-order valence-corrected chi connectivity index (χ4v) is 2.95. The van der Waals surface area contributed by atoms with Crippen LogP contribution in [0.2, 0.25) is 0 Å². The molecule has 1 aliphatic heterocycles. The number of rotatable bonds is 8. The second kappa shape index (κ2) is 9.27. The van der Waals surface area contributed by atoms with E-state index in [-0.39, 0.29) is 11.9 Å². The van der Waals surface area contributed by atoms with Crippen molar-refractivity contribution in [1.82, 2.24) is 4.90 Å². The number of hydrogen-bond acceptors (Lipinski definition) is 6. The summed E-state index contributed by atoms with van der Waals surface area (Å²) in [5.74, 6) is 0.185. The van der Waals surface area contributed by atoms with Crippen molar-refractivity contribution in [1.29, 1.82) is 0 Å². The molecule has 6 heteroatoms. The van der Waals surface area contributed by atoms with Gasteiger partial charge in [-0.3, -0.25) is 14.5 Å². The average molecular weight is 335 g/mol. The summed E-state index contributed by atoms with van der Waals surface area (Å²) in [4.78, 5) is 26.2. The monoisotopic (exact) mass is 335 g/mol. The first-order valence-corrected chi connectivity index (χ1v) is 8.44. The zero-order valence-electron chi connectivity index (χ0n) is 14.3. The van der Waals surface area contributed by atoms with Crippen LogP contribution in [0.3, 0.4) is 0 Å². The van der Waals surface area contributed by atoms with E-state index in [9.17, 15) is 9.59 Å². The summed E-state index contributed by atoms with van der Waals surface area (Å²) in [6.07, 6.45) is 1.18. The third-order valence-electron chi connectivity index (χ3n) is 3.99. The number of nitrogens with zero attached hydrogens (tertiary/aromatic N) is 1. The number of para-hydroxylation sites is 1. The van der Waals surface area contributed by atoms with E-state index >= 15 is 0 Å². The van der Waals surface area contributed by atoms with Crippen LogP contribution in [0.25, 0.3) is 0 Å². The lowest BCUT2D eigenvalue weighted by Crippen LogP contribution is -2.47. The quantitative estimate of drug-likeness (QED) is 0.677. The molecule has 1 heterocycles. The van der Waals surface area contributed by atoms with Gasteiger partial charge in [-0.2, -0.15) is 0 Å². The minimum atomic E-state index is -0.418. The van der Waals surface area contributed by atoms with Gasteiger partial charge in [-0.15, -0.1) is 0 Å². The van der Waals surface area contributed by atoms with Gasteiger partial charge in [-0.1, -0.05) is 18.2 Å². The molecule has 0 N–H and O–H groups in total. The van der Waals surface area contributed by atoms with Crippen molar-refractivity contribution in [3.05, 3.63) is 30.3 Å². The van der Waals surface area contributed by atoms with E-state index in [1.165, 1.54) is 0 Å². The van der Waals surface area contributed by atoms with E-state index in [0.717, 1.165) is 5.75 Å². The molecule has 2 rings (SSSR count). The molecule has 0 unspecified atom stereocenters. The maximum atomic E-state index is 12.2. The van der Waals surface area contributed by atoms with Crippen LogP contribution in [0.5, 0.6) is 5.75 Å². The Morgan fingerprint density at radius 2 is 1.54 bits per heavy atom. The predicted octanol–water partition coefficient (Wildman–Crippen LogP) is 2.02. The molecule has 0 spiro atoms.